The average molecular weight is 251 g/mol. The van der Waals surface area contributed by atoms with E-state index in [1.54, 1.807) is 29.0 Å². The molecule has 1 aromatic heterocycles. The molecule has 1 saturated heterocycles. The number of hydrogen-bond acceptors (Lipinski definition) is 3. The van der Waals surface area contributed by atoms with E-state index in [0.717, 1.165) is 5.56 Å². The molecule has 1 aliphatic rings. The molecular weight excluding hydrogens is 234 g/mol. The first-order valence-electron chi connectivity index (χ1n) is 6.05. The van der Waals surface area contributed by atoms with Crippen LogP contribution in [0.15, 0.2) is 12.4 Å². The predicted octanol–water partition coefficient (Wildman–Crippen LogP) is 0.804. The summed E-state index contributed by atoms with van der Waals surface area (Å²) in [4.78, 5) is 24.9. The first kappa shape index (κ1) is 12.6. The van der Waals surface area contributed by atoms with Crippen molar-refractivity contribution in [3.63, 3.8) is 0 Å². The van der Waals surface area contributed by atoms with E-state index in [2.05, 4.69) is 5.10 Å². The Morgan fingerprint density at radius 3 is 2.83 bits per heavy atom. The van der Waals surface area contributed by atoms with Crippen LogP contribution in [0.2, 0.25) is 0 Å². The zero-order chi connectivity index (χ0) is 13.3. The fraction of sp³-hybridized carbons (Fsp3) is 0.583. The number of nitrogens with zero attached hydrogens (tertiary/aromatic N) is 3. The molecular formula is C12H17N3O3. The Hall–Kier alpha value is -1.85. The molecule has 18 heavy (non-hydrogen) atoms. The third-order valence-electron chi connectivity index (χ3n) is 3.43. The first-order valence-corrected chi connectivity index (χ1v) is 6.05. The highest BCUT2D eigenvalue weighted by molar-refractivity contribution is 5.81. The Morgan fingerprint density at radius 1 is 1.61 bits per heavy atom. The monoisotopic (exact) mass is 251 g/mol. The van der Waals surface area contributed by atoms with Gasteiger partial charge in [-0.3, -0.25) is 14.3 Å². The predicted molar refractivity (Wildman–Crippen MR) is 63.7 cm³/mol. The number of amides is 1. The topological polar surface area (TPSA) is 75.4 Å². The van der Waals surface area contributed by atoms with E-state index < -0.39 is 17.9 Å². The van der Waals surface area contributed by atoms with Gasteiger partial charge in [-0.25, -0.2) is 0 Å². The summed E-state index contributed by atoms with van der Waals surface area (Å²) in [6.45, 7) is 2.38. The summed E-state index contributed by atoms with van der Waals surface area (Å²) >= 11 is 0. The number of hydrogen-bond donors (Lipinski definition) is 1. The van der Waals surface area contributed by atoms with Crippen LogP contribution in [0.3, 0.4) is 0 Å². The molecule has 2 heterocycles. The van der Waals surface area contributed by atoms with Crippen LogP contribution in [0.4, 0.5) is 0 Å². The van der Waals surface area contributed by atoms with Gasteiger partial charge in [-0.2, -0.15) is 5.10 Å². The molecule has 0 spiro atoms. The maximum atomic E-state index is 11.9. The lowest BCUT2D eigenvalue weighted by atomic mass is 9.85. The van der Waals surface area contributed by atoms with Crippen molar-refractivity contribution in [1.82, 2.24) is 14.7 Å². The van der Waals surface area contributed by atoms with E-state index in [1.165, 1.54) is 0 Å². The highest BCUT2D eigenvalue weighted by Crippen LogP contribution is 2.36. The summed E-state index contributed by atoms with van der Waals surface area (Å²) in [6, 6.07) is -0.401. The molecule has 1 N–H and O–H groups in total. The molecule has 2 atom stereocenters. The van der Waals surface area contributed by atoms with Crippen LogP contribution in [0.25, 0.3) is 0 Å². The summed E-state index contributed by atoms with van der Waals surface area (Å²) < 4.78 is 1.63. The zero-order valence-corrected chi connectivity index (χ0v) is 10.5. The van der Waals surface area contributed by atoms with Crippen molar-refractivity contribution < 1.29 is 14.7 Å². The largest absolute Gasteiger partial charge is 0.481 e. The van der Waals surface area contributed by atoms with Gasteiger partial charge in [0.2, 0.25) is 5.91 Å². The van der Waals surface area contributed by atoms with Crippen LogP contribution in [-0.4, -0.2) is 38.2 Å². The minimum absolute atomic E-state index is 0.0175. The molecule has 1 fully saturated rings. The first-order chi connectivity index (χ1) is 8.54. The van der Waals surface area contributed by atoms with E-state index in [-0.39, 0.29) is 5.91 Å². The van der Waals surface area contributed by atoms with Crippen molar-refractivity contribution in [3.8, 4) is 0 Å². The number of piperidine rings is 1. The number of rotatable bonds is 3. The molecule has 2 rings (SSSR count). The molecule has 1 aromatic rings. The number of carbonyl (C=O) groups excluding carboxylic acids is 1. The van der Waals surface area contributed by atoms with E-state index in [9.17, 15) is 14.7 Å². The van der Waals surface area contributed by atoms with E-state index in [4.69, 9.17) is 0 Å². The molecule has 0 unspecified atom stereocenters. The molecule has 1 amide bonds. The molecule has 1 aliphatic heterocycles. The summed E-state index contributed by atoms with van der Waals surface area (Å²) in [5.74, 6) is -1.38. The lowest BCUT2D eigenvalue weighted by Crippen LogP contribution is -2.45. The molecule has 0 radical (unpaired) electrons. The standard InChI is InChI=1S/C12H17N3O3/c1-3-15-10(16)5-4-9(12(17)18)11(15)8-6-13-14(2)7-8/h6-7,9,11H,3-5H2,1-2H3,(H,17,18)/t9-,11+/m1/s1. The van der Waals surface area contributed by atoms with Crippen LogP contribution in [0.5, 0.6) is 0 Å². The van der Waals surface area contributed by atoms with Gasteiger partial charge >= 0.3 is 5.97 Å². The number of carbonyl (C=O) groups is 2. The minimum atomic E-state index is -0.852. The third-order valence-corrected chi connectivity index (χ3v) is 3.43. The fourth-order valence-corrected chi connectivity index (χ4v) is 2.59. The third kappa shape index (κ3) is 2.10. The smallest absolute Gasteiger partial charge is 0.308 e. The number of likely N-dealkylation sites (tertiary alicyclic amines) is 1. The van der Waals surface area contributed by atoms with Gasteiger partial charge in [0.1, 0.15) is 0 Å². The Bertz CT molecular complexity index is 467. The summed E-state index contributed by atoms with van der Waals surface area (Å²) in [7, 11) is 1.78. The number of carboxylic acids is 1. The van der Waals surface area contributed by atoms with Crippen LogP contribution in [0.1, 0.15) is 31.4 Å². The number of aliphatic carboxylic acids is 1. The Kier molecular flexibility index (Phi) is 3.36. The second-order valence-corrected chi connectivity index (χ2v) is 4.56. The average Bonchev–Trinajstić information content (AvgIpc) is 2.74. The maximum absolute atomic E-state index is 11.9. The van der Waals surface area contributed by atoms with Crippen LogP contribution in [-0.2, 0) is 16.6 Å². The van der Waals surface area contributed by atoms with Crippen molar-refractivity contribution in [2.24, 2.45) is 13.0 Å². The number of aryl methyl sites for hydroxylation is 1. The Labute approximate surface area is 105 Å². The van der Waals surface area contributed by atoms with Gasteiger partial charge in [0.15, 0.2) is 0 Å². The van der Waals surface area contributed by atoms with Gasteiger partial charge in [0.05, 0.1) is 18.2 Å². The summed E-state index contributed by atoms with van der Waals surface area (Å²) in [6.07, 6.45) is 4.12. The second kappa shape index (κ2) is 4.80. The van der Waals surface area contributed by atoms with Crippen LogP contribution < -0.4 is 0 Å². The SMILES string of the molecule is CCN1C(=O)CC[C@@H](C(=O)O)[C@@H]1c1cnn(C)c1. The lowest BCUT2D eigenvalue weighted by Gasteiger charge is -2.38. The molecule has 6 heteroatoms. The normalized spacial score (nSPS) is 24.3. The molecule has 0 bridgehead atoms. The Balaban J connectivity index is 2.39. The van der Waals surface area contributed by atoms with Crippen molar-refractivity contribution in [2.45, 2.75) is 25.8 Å². The number of carboxylic acid groups (broad SMARTS) is 1. The van der Waals surface area contributed by atoms with Gasteiger partial charge in [-0.15, -0.1) is 0 Å². The Morgan fingerprint density at radius 2 is 2.33 bits per heavy atom. The summed E-state index contributed by atoms with van der Waals surface area (Å²) in [5.41, 5.74) is 0.791. The van der Waals surface area contributed by atoms with Crippen LogP contribution in [0, 0.1) is 5.92 Å². The van der Waals surface area contributed by atoms with E-state index >= 15 is 0 Å². The van der Waals surface area contributed by atoms with Gasteiger partial charge in [-0.05, 0) is 13.3 Å². The molecule has 98 valence electrons. The van der Waals surface area contributed by atoms with E-state index in [0.29, 0.717) is 19.4 Å². The van der Waals surface area contributed by atoms with Gasteiger partial charge < -0.3 is 10.0 Å². The van der Waals surface area contributed by atoms with Crippen molar-refractivity contribution in [3.05, 3.63) is 18.0 Å². The second-order valence-electron chi connectivity index (χ2n) is 4.56. The summed E-state index contributed by atoms with van der Waals surface area (Å²) in [5, 5.41) is 13.4. The maximum Gasteiger partial charge on any atom is 0.308 e. The van der Waals surface area contributed by atoms with Crippen LogP contribution >= 0.6 is 0 Å². The van der Waals surface area contributed by atoms with Gasteiger partial charge in [0, 0.05) is 31.8 Å². The van der Waals surface area contributed by atoms with Crippen molar-refractivity contribution >= 4 is 11.9 Å². The quantitative estimate of drug-likeness (QED) is 0.862. The molecule has 0 saturated carbocycles. The number of aromatic nitrogens is 2. The minimum Gasteiger partial charge on any atom is -0.481 e. The highest BCUT2D eigenvalue weighted by atomic mass is 16.4. The van der Waals surface area contributed by atoms with Crippen molar-refractivity contribution in [1.29, 1.82) is 0 Å². The van der Waals surface area contributed by atoms with Gasteiger partial charge in [0.25, 0.3) is 0 Å². The molecule has 6 nitrogen and oxygen atoms in total. The zero-order valence-electron chi connectivity index (χ0n) is 10.5. The fourth-order valence-electron chi connectivity index (χ4n) is 2.59. The van der Waals surface area contributed by atoms with E-state index in [1.807, 2.05) is 6.92 Å². The lowest BCUT2D eigenvalue weighted by molar-refractivity contribution is -0.151. The highest BCUT2D eigenvalue weighted by Gasteiger charge is 2.40. The molecule has 0 aliphatic carbocycles. The molecule has 0 aromatic carbocycles. The van der Waals surface area contributed by atoms with Gasteiger partial charge in [-0.1, -0.05) is 0 Å². The van der Waals surface area contributed by atoms with Crippen molar-refractivity contribution in [2.75, 3.05) is 6.54 Å².